The lowest BCUT2D eigenvalue weighted by molar-refractivity contribution is -0.137. The van der Waals surface area contributed by atoms with Gasteiger partial charge in [0.25, 0.3) is 5.91 Å². The Balaban J connectivity index is 1.91. The second kappa shape index (κ2) is 6.27. The molecular weight excluding hydrogens is 328 g/mol. The van der Waals surface area contributed by atoms with E-state index in [0.29, 0.717) is 16.9 Å². The number of ether oxygens (including phenoxy) is 1. The van der Waals surface area contributed by atoms with Gasteiger partial charge in [-0.1, -0.05) is 0 Å². The first-order valence-corrected chi connectivity index (χ1v) is 7.39. The minimum Gasteiger partial charge on any atom is -0.493 e. The van der Waals surface area contributed by atoms with E-state index in [2.05, 4.69) is 15.4 Å². The first-order valence-electron chi connectivity index (χ1n) is 7.39. The predicted octanol–water partition coefficient (Wildman–Crippen LogP) is 1.99. The number of methoxy groups -OCH3 is 1. The third-order valence-electron chi connectivity index (χ3n) is 3.63. The standard InChI is InChI=1S/C16H16N4O5/c1-8-4-10-9(2)13(25-14(10)11(5-8)24-3)15(23)18-16-17-7-20(19-16)6-12(21)22/h4-5,7H,6H2,1-3H3,(H,21,22)(H,18,19,23). The highest BCUT2D eigenvalue weighted by Gasteiger charge is 2.21. The normalized spacial score (nSPS) is 10.8. The van der Waals surface area contributed by atoms with Crippen LogP contribution in [0.2, 0.25) is 0 Å². The highest BCUT2D eigenvalue weighted by Crippen LogP contribution is 2.33. The second-order valence-electron chi connectivity index (χ2n) is 5.51. The Hall–Kier alpha value is -3.36. The van der Waals surface area contributed by atoms with Gasteiger partial charge in [0.1, 0.15) is 12.9 Å². The van der Waals surface area contributed by atoms with Crippen LogP contribution in [0.15, 0.2) is 22.9 Å². The molecule has 9 heteroatoms. The molecule has 3 aromatic rings. The van der Waals surface area contributed by atoms with Gasteiger partial charge >= 0.3 is 5.97 Å². The summed E-state index contributed by atoms with van der Waals surface area (Å²) in [6, 6.07) is 3.73. The molecule has 2 aromatic heterocycles. The fourth-order valence-corrected chi connectivity index (χ4v) is 2.52. The maximum Gasteiger partial charge on any atom is 0.325 e. The number of carboxylic acid groups (broad SMARTS) is 1. The van der Waals surface area contributed by atoms with Crippen LogP contribution >= 0.6 is 0 Å². The molecule has 2 N–H and O–H groups in total. The van der Waals surface area contributed by atoms with E-state index >= 15 is 0 Å². The number of aromatic nitrogens is 3. The quantitative estimate of drug-likeness (QED) is 0.726. The van der Waals surface area contributed by atoms with Crippen LogP contribution in [0.1, 0.15) is 21.7 Å². The molecule has 130 valence electrons. The number of nitrogens with zero attached hydrogens (tertiary/aromatic N) is 3. The van der Waals surface area contributed by atoms with Gasteiger partial charge in [0.05, 0.1) is 7.11 Å². The van der Waals surface area contributed by atoms with Crippen LogP contribution in [0.25, 0.3) is 11.0 Å². The lowest BCUT2D eigenvalue weighted by Crippen LogP contribution is -2.14. The molecule has 0 saturated heterocycles. The summed E-state index contributed by atoms with van der Waals surface area (Å²) in [6.07, 6.45) is 1.22. The SMILES string of the molecule is COc1cc(C)cc2c(C)c(C(=O)Nc3ncn(CC(=O)O)n3)oc12. The molecule has 3 rings (SSSR count). The van der Waals surface area contributed by atoms with Crippen molar-refractivity contribution in [2.75, 3.05) is 12.4 Å². The molecule has 0 aliphatic heterocycles. The van der Waals surface area contributed by atoms with Gasteiger partial charge in [-0.25, -0.2) is 9.67 Å². The number of furan rings is 1. The average Bonchev–Trinajstić information content (AvgIpc) is 3.11. The monoisotopic (exact) mass is 344 g/mol. The summed E-state index contributed by atoms with van der Waals surface area (Å²) >= 11 is 0. The number of aliphatic carboxylic acids is 1. The highest BCUT2D eigenvalue weighted by atomic mass is 16.5. The molecule has 0 aliphatic carbocycles. The molecule has 0 bridgehead atoms. The number of anilines is 1. The summed E-state index contributed by atoms with van der Waals surface area (Å²) in [6.45, 7) is 3.35. The van der Waals surface area contributed by atoms with Crippen molar-refractivity contribution in [1.29, 1.82) is 0 Å². The molecule has 1 aromatic carbocycles. The van der Waals surface area contributed by atoms with Crippen molar-refractivity contribution in [2.45, 2.75) is 20.4 Å². The molecule has 1 amide bonds. The van der Waals surface area contributed by atoms with Gasteiger partial charge in [0.15, 0.2) is 17.1 Å². The van der Waals surface area contributed by atoms with Crippen molar-refractivity contribution in [3.05, 3.63) is 35.3 Å². The summed E-state index contributed by atoms with van der Waals surface area (Å²) in [5.74, 6) is -0.927. The Bertz CT molecular complexity index is 972. The van der Waals surface area contributed by atoms with Gasteiger partial charge in [-0.3, -0.25) is 14.9 Å². The summed E-state index contributed by atoms with van der Waals surface area (Å²) in [5, 5.41) is 15.9. The largest absolute Gasteiger partial charge is 0.493 e. The van der Waals surface area contributed by atoms with Crippen molar-refractivity contribution in [3.63, 3.8) is 0 Å². The zero-order chi connectivity index (χ0) is 18.1. The van der Waals surface area contributed by atoms with E-state index in [4.69, 9.17) is 14.3 Å². The third kappa shape index (κ3) is 3.16. The third-order valence-corrected chi connectivity index (χ3v) is 3.63. The van der Waals surface area contributed by atoms with Gasteiger partial charge < -0.3 is 14.3 Å². The molecule has 0 saturated carbocycles. The van der Waals surface area contributed by atoms with E-state index in [-0.39, 0.29) is 18.3 Å². The van der Waals surface area contributed by atoms with E-state index in [9.17, 15) is 9.59 Å². The van der Waals surface area contributed by atoms with E-state index in [1.54, 1.807) is 6.92 Å². The van der Waals surface area contributed by atoms with E-state index in [1.807, 2.05) is 19.1 Å². The Morgan fingerprint density at radius 2 is 2.12 bits per heavy atom. The zero-order valence-corrected chi connectivity index (χ0v) is 13.9. The molecule has 2 heterocycles. The Morgan fingerprint density at radius 3 is 2.80 bits per heavy atom. The lowest BCUT2D eigenvalue weighted by atomic mass is 10.1. The minimum atomic E-state index is -1.06. The predicted molar refractivity (Wildman–Crippen MR) is 87.9 cm³/mol. The van der Waals surface area contributed by atoms with Crippen LogP contribution in [-0.4, -0.2) is 38.9 Å². The molecule has 0 atom stereocenters. The van der Waals surface area contributed by atoms with Gasteiger partial charge in [0.2, 0.25) is 5.95 Å². The van der Waals surface area contributed by atoms with E-state index in [1.165, 1.54) is 13.4 Å². The van der Waals surface area contributed by atoms with Crippen molar-refractivity contribution < 1.29 is 23.8 Å². The number of aryl methyl sites for hydroxylation is 2. The van der Waals surface area contributed by atoms with Crippen LogP contribution in [0.3, 0.4) is 0 Å². The summed E-state index contributed by atoms with van der Waals surface area (Å²) in [4.78, 5) is 27.0. The lowest BCUT2D eigenvalue weighted by Gasteiger charge is -2.01. The number of nitrogens with one attached hydrogen (secondary N) is 1. The number of carbonyl (C=O) groups is 2. The number of benzene rings is 1. The molecule has 25 heavy (non-hydrogen) atoms. The maximum absolute atomic E-state index is 12.5. The molecule has 0 unspecified atom stereocenters. The topological polar surface area (TPSA) is 119 Å². The van der Waals surface area contributed by atoms with Crippen molar-refractivity contribution in [3.8, 4) is 5.75 Å². The number of rotatable bonds is 5. The van der Waals surface area contributed by atoms with Gasteiger partial charge in [-0.15, -0.1) is 5.10 Å². The minimum absolute atomic E-state index is 0.00532. The van der Waals surface area contributed by atoms with E-state index in [0.717, 1.165) is 15.6 Å². The van der Waals surface area contributed by atoms with Crippen LogP contribution in [0.5, 0.6) is 5.75 Å². The fraction of sp³-hybridized carbons (Fsp3) is 0.250. The number of amides is 1. The number of fused-ring (bicyclic) bond motifs is 1. The van der Waals surface area contributed by atoms with Crippen molar-refractivity contribution in [2.24, 2.45) is 0 Å². The van der Waals surface area contributed by atoms with Crippen LogP contribution in [0.4, 0.5) is 5.95 Å². The number of carbonyl (C=O) groups excluding carboxylic acids is 1. The first-order chi connectivity index (χ1) is 11.9. The van der Waals surface area contributed by atoms with Crippen LogP contribution < -0.4 is 10.1 Å². The molecule has 0 aliphatic rings. The summed E-state index contributed by atoms with van der Waals surface area (Å²) in [7, 11) is 1.53. The molecule has 0 spiro atoms. The number of hydrogen-bond donors (Lipinski definition) is 2. The van der Waals surface area contributed by atoms with Gasteiger partial charge in [-0.2, -0.15) is 0 Å². The van der Waals surface area contributed by atoms with Gasteiger partial charge in [-0.05, 0) is 31.5 Å². The smallest absolute Gasteiger partial charge is 0.325 e. The highest BCUT2D eigenvalue weighted by molar-refractivity contribution is 6.06. The summed E-state index contributed by atoms with van der Waals surface area (Å²) in [5.41, 5.74) is 2.13. The van der Waals surface area contributed by atoms with Gasteiger partial charge in [0, 0.05) is 10.9 Å². The molecule has 9 nitrogen and oxygen atoms in total. The van der Waals surface area contributed by atoms with Crippen molar-refractivity contribution >= 4 is 28.8 Å². The van der Waals surface area contributed by atoms with Crippen LogP contribution in [-0.2, 0) is 11.3 Å². The average molecular weight is 344 g/mol. The Kier molecular flexibility index (Phi) is 4.14. The van der Waals surface area contributed by atoms with Crippen LogP contribution in [0, 0.1) is 13.8 Å². The Labute approximate surface area is 142 Å². The zero-order valence-electron chi connectivity index (χ0n) is 13.9. The fourth-order valence-electron chi connectivity index (χ4n) is 2.52. The second-order valence-corrected chi connectivity index (χ2v) is 5.51. The molecule has 0 fully saturated rings. The molecule has 0 radical (unpaired) electrons. The summed E-state index contributed by atoms with van der Waals surface area (Å²) < 4.78 is 12.1. The Morgan fingerprint density at radius 1 is 1.36 bits per heavy atom. The number of hydrogen-bond acceptors (Lipinski definition) is 6. The number of carboxylic acids is 1. The maximum atomic E-state index is 12.5. The van der Waals surface area contributed by atoms with E-state index < -0.39 is 11.9 Å². The molecular formula is C16H16N4O5. The first kappa shape index (κ1) is 16.5. The van der Waals surface area contributed by atoms with Crippen molar-refractivity contribution in [1.82, 2.24) is 14.8 Å².